The van der Waals surface area contributed by atoms with E-state index in [1.165, 1.54) is 12.0 Å². The molecule has 1 fully saturated rings. The molecule has 0 saturated carbocycles. The molecule has 0 N–H and O–H groups in total. The number of methoxy groups -OCH3 is 1. The molecule has 1 aromatic carbocycles. The van der Waals surface area contributed by atoms with Gasteiger partial charge in [-0.3, -0.25) is 9.59 Å². The van der Waals surface area contributed by atoms with E-state index in [4.69, 9.17) is 9.47 Å². The van der Waals surface area contributed by atoms with Crippen LogP contribution in [0.15, 0.2) is 35.8 Å². The van der Waals surface area contributed by atoms with Gasteiger partial charge in [-0.2, -0.15) is 4.99 Å². The number of esters is 1. The van der Waals surface area contributed by atoms with Gasteiger partial charge in [0.1, 0.15) is 11.5 Å². The van der Waals surface area contributed by atoms with Crippen molar-refractivity contribution in [2.75, 3.05) is 44.9 Å². The molecule has 2 amide bonds. The first-order chi connectivity index (χ1) is 15.2. The van der Waals surface area contributed by atoms with E-state index in [9.17, 15) is 22.8 Å². The zero-order valence-corrected chi connectivity index (χ0v) is 19.1. The number of hydrogen-bond acceptors (Lipinski definition) is 8. The molecule has 2 heterocycles. The first kappa shape index (κ1) is 23.8. The number of benzene rings is 1. The van der Waals surface area contributed by atoms with Crippen molar-refractivity contribution in [3.8, 4) is 0 Å². The average Bonchev–Trinajstić information content (AvgIpc) is 3.09. The van der Waals surface area contributed by atoms with Gasteiger partial charge < -0.3 is 18.9 Å². The van der Waals surface area contributed by atoms with Gasteiger partial charge in [0.05, 0.1) is 36.1 Å². The molecule has 1 saturated heterocycles. The predicted octanol–water partition coefficient (Wildman–Crippen LogP) is 0.376. The van der Waals surface area contributed by atoms with E-state index in [0.29, 0.717) is 48.6 Å². The molecule has 172 valence electrons. The molecule has 1 aliphatic heterocycles. The second-order valence-electron chi connectivity index (χ2n) is 6.99. The Morgan fingerprint density at radius 1 is 1.25 bits per heavy atom. The largest absolute Gasteiger partial charge is 0.465 e. The first-order valence-corrected chi connectivity index (χ1v) is 12.3. The van der Waals surface area contributed by atoms with Crippen molar-refractivity contribution in [3.63, 3.8) is 0 Å². The minimum absolute atomic E-state index is 0.265. The number of carbonyl (C=O) groups excluding carboxylic acids is 3. The fourth-order valence-electron chi connectivity index (χ4n) is 3.18. The van der Waals surface area contributed by atoms with Crippen LogP contribution in [-0.4, -0.2) is 80.6 Å². The normalized spacial score (nSPS) is 15.0. The Bertz CT molecular complexity index is 1220. The number of sulfone groups is 1. The molecule has 0 spiro atoms. The predicted molar refractivity (Wildman–Crippen MR) is 118 cm³/mol. The van der Waals surface area contributed by atoms with Crippen molar-refractivity contribution in [3.05, 3.63) is 41.2 Å². The summed E-state index contributed by atoms with van der Waals surface area (Å²) in [5.74, 6) is -3.56. The Morgan fingerprint density at radius 3 is 2.62 bits per heavy atom. The van der Waals surface area contributed by atoms with Gasteiger partial charge >= 0.3 is 5.97 Å². The quantitative estimate of drug-likeness (QED) is 0.413. The molecule has 0 radical (unpaired) electrons. The summed E-state index contributed by atoms with van der Waals surface area (Å²) >= 11 is 1.13. The molecular formula is C20H23N3O7S2. The van der Waals surface area contributed by atoms with Crippen molar-refractivity contribution < 1.29 is 32.3 Å². The third-order valence-electron chi connectivity index (χ3n) is 4.69. The lowest BCUT2D eigenvalue weighted by molar-refractivity contribution is -0.132. The number of rotatable bonds is 7. The van der Waals surface area contributed by atoms with Crippen LogP contribution in [0.25, 0.3) is 10.2 Å². The van der Waals surface area contributed by atoms with Crippen LogP contribution in [0.5, 0.6) is 0 Å². The molecule has 0 unspecified atom stereocenters. The smallest absolute Gasteiger partial charge is 0.337 e. The fraction of sp³-hybridized carbons (Fsp3) is 0.400. The Kier molecular flexibility index (Phi) is 7.59. The summed E-state index contributed by atoms with van der Waals surface area (Å²) in [4.78, 5) is 42.1. The molecule has 12 heteroatoms. The fourth-order valence-corrected chi connectivity index (χ4v) is 5.38. The van der Waals surface area contributed by atoms with Crippen molar-refractivity contribution in [2.24, 2.45) is 4.99 Å². The molecule has 3 rings (SSSR count). The average molecular weight is 482 g/mol. The first-order valence-electron chi connectivity index (χ1n) is 9.70. The highest BCUT2D eigenvalue weighted by atomic mass is 32.2. The van der Waals surface area contributed by atoms with E-state index in [-0.39, 0.29) is 4.80 Å². The maximum absolute atomic E-state index is 12.4. The lowest BCUT2D eigenvalue weighted by Gasteiger charge is -2.26. The summed E-state index contributed by atoms with van der Waals surface area (Å²) in [5.41, 5.74) is 1.05. The number of nitrogens with zero attached hydrogens (tertiary/aromatic N) is 3. The van der Waals surface area contributed by atoms with Crippen molar-refractivity contribution in [1.82, 2.24) is 9.47 Å². The summed E-state index contributed by atoms with van der Waals surface area (Å²) in [6.45, 7) is 5.37. The minimum atomic E-state index is -3.99. The molecule has 0 bridgehead atoms. The monoisotopic (exact) mass is 481 g/mol. The molecule has 32 heavy (non-hydrogen) atoms. The number of morpholine rings is 1. The summed E-state index contributed by atoms with van der Waals surface area (Å²) in [7, 11) is -2.71. The maximum Gasteiger partial charge on any atom is 0.337 e. The third-order valence-corrected chi connectivity index (χ3v) is 7.10. The topological polar surface area (TPSA) is 124 Å². The number of carbonyl (C=O) groups is 3. The molecule has 0 aliphatic carbocycles. The number of hydrogen-bond donors (Lipinski definition) is 0. The molecule has 2 aromatic rings. The third kappa shape index (κ3) is 5.69. The van der Waals surface area contributed by atoms with E-state index < -0.39 is 39.1 Å². The van der Waals surface area contributed by atoms with Crippen LogP contribution in [0.3, 0.4) is 0 Å². The summed E-state index contributed by atoms with van der Waals surface area (Å²) in [6, 6.07) is 4.91. The van der Waals surface area contributed by atoms with Gasteiger partial charge in [-0.1, -0.05) is 17.4 Å². The number of allylic oxidation sites excluding steroid dienone is 1. The van der Waals surface area contributed by atoms with Crippen LogP contribution in [0.2, 0.25) is 0 Å². The van der Waals surface area contributed by atoms with Crippen LogP contribution in [0.4, 0.5) is 0 Å². The highest BCUT2D eigenvalue weighted by Gasteiger charge is 2.25. The van der Waals surface area contributed by atoms with E-state index in [1.54, 1.807) is 28.8 Å². The zero-order chi connectivity index (χ0) is 23.3. The highest BCUT2D eigenvalue weighted by molar-refractivity contribution is 7.92. The van der Waals surface area contributed by atoms with Crippen LogP contribution >= 0.6 is 11.3 Å². The van der Waals surface area contributed by atoms with E-state index in [2.05, 4.69) is 11.6 Å². The molecule has 1 aliphatic rings. The van der Waals surface area contributed by atoms with E-state index in [0.717, 1.165) is 11.3 Å². The SMILES string of the molecule is C=CCn1c(=NC(=O)CS(=O)(=O)CC(=O)N2CCOCC2)sc2cc(C(=O)OC)ccc21. The van der Waals surface area contributed by atoms with E-state index in [1.807, 2.05) is 0 Å². The highest BCUT2D eigenvalue weighted by Crippen LogP contribution is 2.20. The summed E-state index contributed by atoms with van der Waals surface area (Å²) in [5, 5.41) is 0. The lowest BCUT2D eigenvalue weighted by Crippen LogP contribution is -2.43. The van der Waals surface area contributed by atoms with Gasteiger partial charge in [-0.15, -0.1) is 6.58 Å². The number of amides is 2. The lowest BCUT2D eigenvalue weighted by atomic mass is 10.2. The Morgan fingerprint density at radius 2 is 1.97 bits per heavy atom. The second-order valence-corrected chi connectivity index (χ2v) is 10.1. The van der Waals surface area contributed by atoms with Crippen LogP contribution in [-0.2, 0) is 35.4 Å². The molecule has 10 nitrogen and oxygen atoms in total. The van der Waals surface area contributed by atoms with E-state index >= 15 is 0 Å². The maximum atomic E-state index is 12.4. The number of aromatic nitrogens is 1. The van der Waals surface area contributed by atoms with Gasteiger partial charge in [0.2, 0.25) is 5.91 Å². The van der Waals surface area contributed by atoms with Gasteiger partial charge in [0.25, 0.3) is 5.91 Å². The number of ether oxygens (including phenoxy) is 2. The Hall–Kier alpha value is -2.83. The van der Waals surface area contributed by atoms with Gasteiger partial charge in [-0.25, -0.2) is 13.2 Å². The summed E-state index contributed by atoms with van der Waals surface area (Å²) < 4.78 is 37.0. The van der Waals surface area contributed by atoms with Crippen molar-refractivity contribution in [1.29, 1.82) is 0 Å². The molecule has 1 aromatic heterocycles. The van der Waals surface area contributed by atoms with Crippen LogP contribution in [0.1, 0.15) is 10.4 Å². The van der Waals surface area contributed by atoms with Crippen molar-refractivity contribution >= 4 is 49.2 Å². The zero-order valence-electron chi connectivity index (χ0n) is 17.5. The molecule has 0 atom stereocenters. The Labute approximate surface area is 188 Å². The summed E-state index contributed by atoms with van der Waals surface area (Å²) in [6.07, 6.45) is 1.61. The Balaban J connectivity index is 1.84. The van der Waals surface area contributed by atoms with Crippen LogP contribution < -0.4 is 4.80 Å². The number of fused-ring (bicyclic) bond motifs is 1. The van der Waals surface area contributed by atoms with Gasteiger partial charge in [-0.05, 0) is 18.2 Å². The minimum Gasteiger partial charge on any atom is -0.465 e. The standard InChI is InChI=1S/C20H23N3O7S2/c1-3-6-23-15-5-4-14(19(26)29-2)11-16(15)31-20(23)21-17(24)12-32(27,28)13-18(25)22-7-9-30-10-8-22/h3-5,11H,1,6-10,12-13H2,2H3. The van der Waals surface area contributed by atoms with Crippen LogP contribution in [0, 0.1) is 0 Å². The second kappa shape index (κ2) is 10.2. The van der Waals surface area contributed by atoms with Gasteiger partial charge in [0, 0.05) is 19.6 Å². The molecular weight excluding hydrogens is 458 g/mol. The number of thiazole rings is 1. The van der Waals surface area contributed by atoms with Crippen molar-refractivity contribution in [2.45, 2.75) is 6.54 Å². The van der Waals surface area contributed by atoms with Gasteiger partial charge in [0.15, 0.2) is 14.6 Å².